The third-order valence-electron chi connectivity index (χ3n) is 4.02. The molecule has 2 aromatic rings. The fourth-order valence-corrected chi connectivity index (χ4v) is 2.62. The van der Waals surface area contributed by atoms with Crippen LogP contribution in [-0.2, 0) is 18.3 Å². The molecule has 0 saturated heterocycles. The summed E-state index contributed by atoms with van der Waals surface area (Å²) in [6, 6.07) is 5.44. The summed E-state index contributed by atoms with van der Waals surface area (Å²) in [5.41, 5.74) is 1.89. The standard InChI is InChI=1S/C18H24N2O4/c1-4-5-10-19(2)18(23)24-14-7-8-15-13(6-9-17(21)22)12-20(3)16(15)11-14/h7-8,11-12H,4-6,9-10H2,1-3H3,(H,21,22). The van der Waals surface area contributed by atoms with Gasteiger partial charge in [-0.1, -0.05) is 13.3 Å². The molecule has 6 nitrogen and oxygen atoms in total. The molecule has 0 atom stereocenters. The Kier molecular flexibility index (Phi) is 5.84. The Hall–Kier alpha value is -2.50. The largest absolute Gasteiger partial charge is 0.481 e. The summed E-state index contributed by atoms with van der Waals surface area (Å²) in [5, 5.41) is 9.83. The van der Waals surface area contributed by atoms with Gasteiger partial charge in [-0.15, -0.1) is 0 Å². The molecule has 0 saturated carbocycles. The molecule has 1 aromatic carbocycles. The first-order chi connectivity index (χ1) is 11.4. The molecule has 1 amide bonds. The number of carbonyl (C=O) groups is 2. The fraction of sp³-hybridized carbons (Fsp3) is 0.444. The molecule has 0 spiro atoms. The molecule has 0 unspecified atom stereocenters. The molecular formula is C18H24N2O4. The van der Waals surface area contributed by atoms with E-state index in [2.05, 4.69) is 6.92 Å². The van der Waals surface area contributed by atoms with Gasteiger partial charge in [0.2, 0.25) is 0 Å². The van der Waals surface area contributed by atoms with Crippen molar-refractivity contribution in [3.63, 3.8) is 0 Å². The van der Waals surface area contributed by atoms with Gasteiger partial charge >= 0.3 is 12.1 Å². The van der Waals surface area contributed by atoms with Crippen molar-refractivity contribution >= 4 is 23.0 Å². The zero-order chi connectivity index (χ0) is 17.7. The number of carbonyl (C=O) groups excluding carboxylic acids is 1. The Labute approximate surface area is 141 Å². The van der Waals surface area contributed by atoms with Crippen molar-refractivity contribution in [2.45, 2.75) is 32.6 Å². The number of ether oxygens (including phenoxy) is 1. The van der Waals surface area contributed by atoms with E-state index in [0.717, 1.165) is 29.3 Å². The highest BCUT2D eigenvalue weighted by molar-refractivity contribution is 5.86. The van der Waals surface area contributed by atoms with E-state index in [1.54, 1.807) is 18.0 Å². The molecule has 6 heteroatoms. The van der Waals surface area contributed by atoms with E-state index in [1.807, 2.05) is 29.9 Å². The van der Waals surface area contributed by atoms with Crippen molar-refractivity contribution in [3.8, 4) is 5.75 Å². The van der Waals surface area contributed by atoms with E-state index < -0.39 is 5.97 Å². The fourth-order valence-electron chi connectivity index (χ4n) is 2.62. The smallest absolute Gasteiger partial charge is 0.414 e. The molecule has 1 N–H and O–H groups in total. The van der Waals surface area contributed by atoms with Gasteiger partial charge in [0.1, 0.15) is 5.75 Å². The first kappa shape index (κ1) is 17.8. The van der Waals surface area contributed by atoms with Crippen LogP contribution in [0.15, 0.2) is 24.4 Å². The van der Waals surface area contributed by atoms with Crippen LogP contribution in [0.25, 0.3) is 10.9 Å². The summed E-state index contributed by atoms with van der Waals surface area (Å²) in [6.07, 6.45) is 4.08. The van der Waals surface area contributed by atoms with Crippen LogP contribution in [0.4, 0.5) is 4.79 Å². The highest BCUT2D eigenvalue weighted by Crippen LogP contribution is 2.26. The molecule has 0 radical (unpaired) electrons. The van der Waals surface area contributed by atoms with Crippen LogP contribution in [0, 0.1) is 0 Å². The molecule has 0 aliphatic heterocycles. The lowest BCUT2D eigenvalue weighted by molar-refractivity contribution is -0.136. The summed E-state index contributed by atoms with van der Waals surface area (Å²) in [5.74, 6) is -0.325. The third-order valence-corrected chi connectivity index (χ3v) is 4.02. The van der Waals surface area contributed by atoms with E-state index in [0.29, 0.717) is 18.7 Å². The lowest BCUT2D eigenvalue weighted by atomic mass is 10.1. The second-order valence-electron chi connectivity index (χ2n) is 5.98. The Morgan fingerprint density at radius 2 is 2.08 bits per heavy atom. The normalized spacial score (nSPS) is 10.8. The van der Waals surface area contributed by atoms with Crippen molar-refractivity contribution in [2.75, 3.05) is 13.6 Å². The molecule has 130 valence electrons. The number of benzene rings is 1. The predicted molar refractivity (Wildman–Crippen MR) is 92.4 cm³/mol. The van der Waals surface area contributed by atoms with Crippen LogP contribution in [0.3, 0.4) is 0 Å². The molecule has 0 bridgehead atoms. The summed E-state index contributed by atoms with van der Waals surface area (Å²) in [7, 11) is 3.62. The van der Waals surface area contributed by atoms with Gasteiger partial charge in [0, 0.05) is 44.7 Å². The minimum absolute atomic E-state index is 0.0953. The van der Waals surface area contributed by atoms with E-state index in [1.165, 1.54) is 0 Å². The van der Waals surface area contributed by atoms with Crippen LogP contribution >= 0.6 is 0 Å². The molecule has 1 heterocycles. The maximum absolute atomic E-state index is 12.1. The minimum atomic E-state index is -0.812. The molecular weight excluding hydrogens is 308 g/mol. The summed E-state index contributed by atoms with van der Waals surface area (Å²) in [4.78, 5) is 24.4. The second kappa shape index (κ2) is 7.86. The monoisotopic (exact) mass is 332 g/mol. The van der Waals surface area contributed by atoms with Gasteiger partial charge < -0.3 is 19.3 Å². The highest BCUT2D eigenvalue weighted by atomic mass is 16.6. The van der Waals surface area contributed by atoms with Gasteiger partial charge in [-0.25, -0.2) is 4.79 Å². The van der Waals surface area contributed by atoms with Crippen molar-refractivity contribution in [1.82, 2.24) is 9.47 Å². The number of hydrogen-bond acceptors (Lipinski definition) is 3. The van der Waals surface area contributed by atoms with Gasteiger partial charge in [-0.2, -0.15) is 0 Å². The van der Waals surface area contributed by atoms with E-state index in [-0.39, 0.29) is 12.5 Å². The number of nitrogens with zero attached hydrogens (tertiary/aromatic N) is 2. The van der Waals surface area contributed by atoms with Crippen molar-refractivity contribution < 1.29 is 19.4 Å². The van der Waals surface area contributed by atoms with Crippen LogP contribution in [0.2, 0.25) is 0 Å². The topological polar surface area (TPSA) is 71.8 Å². The van der Waals surface area contributed by atoms with Crippen LogP contribution in [-0.4, -0.2) is 40.2 Å². The quantitative estimate of drug-likeness (QED) is 0.843. The van der Waals surface area contributed by atoms with Crippen LogP contribution in [0.1, 0.15) is 31.7 Å². The SMILES string of the molecule is CCCCN(C)C(=O)Oc1ccc2c(CCC(=O)O)cn(C)c2c1. The Bertz CT molecular complexity index is 736. The zero-order valence-corrected chi connectivity index (χ0v) is 14.4. The maximum Gasteiger partial charge on any atom is 0.414 e. The number of aliphatic carboxylic acids is 1. The highest BCUT2D eigenvalue weighted by Gasteiger charge is 2.13. The van der Waals surface area contributed by atoms with Gasteiger partial charge in [0.15, 0.2) is 0 Å². The Morgan fingerprint density at radius 1 is 1.33 bits per heavy atom. The van der Waals surface area contributed by atoms with Crippen molar-refractivity contribution in [3.05, 3.63) is 30.0 Å². The number of rotatable bonds is 7. The lowest BCUT2D eigenvalue weighted by Crippen LogP contribution is -2.30. The van der Waals surface area contributed by atoms with E-state index in [9.17, 15) is 9.59 Å². The number of amides is 1. The van der Waals surface area contributed by atoms with Crippen LogP contribution in [0.5, 0.6) is 5.75 Å². The zero-order valence-electron chi connectivity index (χ0n) is 14.4. The molecule has 1 aromatic heterocycles. The average Bonchev–Trinajstić information content (AvgIpc) is 2.86. The number of carboxylic acids is 1. The number of unbranched alkanes of at least 4 members (excludes halogenated alkanes) is 1. The lowest BCUT2D eigenvalue weighted by Gasteiger charge is -2.16. The minimum Gasteiger partial charge on any atom is -0.481 e. The number of hydrogen-bond donors (Lipinski definition) is 1. The summed E-state index contributed by atoms with van der Waals surface area (Å²) >= 11 is 0. The number of aromatic nitrogens is 1. The predicted octanol–water partition coefficient (Wildman–Crippen LogP) is 3.43. The molecule has 24 heavy (non-hydrogen) atoms. The summed E-state index contributed by atoms with van der Waals surface area (Å²) < 4.78 is 7.34. The number of fused-ring (bicyclic) bond motifs is 1. The first-order valence-electron chi connectivity index (χ1n) is 8.15. The molecule has 0 aliphatic carbocycles. The Morgan fingerprint density at radius 3 is 2.75 bits per heavy atom. The third kappa shape index (κ3) is 4.28. The molecule has 0 aliphatic rings. The Balaban J connectivity index is 2.15. The molecule has 2 rings (SSSR count). The van der Waals surface area contributed by atoms with Gasteiger partial charge in [-0.05, 0) is 30.5 Å². The van der Waals surface area contributed by atoms with E-state index >= 15 is 0 Å². The maximum atomic E-state index is 12.1. The van der Waals surface area contributed by atoms with Gasteiger partial charge in [0.25, 0.3) is 0 Å². The molecule has 0 fully saturated rings. The first-order valence-corrected chi connectivity index (χ1v) is 8.15. The van der Waals surface area contributed by atoms with Crippen LogP contribution < -0.4 is 4.74 Å². The second-order valence-corrected chi connectivity index (χ2v) is 5.98. The van der Waals surface area contributed by atoms with Crippen molar-refractivity contribution in [2.24, 2.45) is 7.05 Å². The van der Waals surface area contributed by atoms with Gasteiger partial charge in [-0.3, -0.25) is 4.79 Å². The number of aryl methyl sites for hydroxylation is 2. The average molecular weight is 332 g/mol. The van der Waals surface area contributed by atoms with Crippen molar-refractivity contribution in [1.29, 1.82) is 0 Å². The number of carboxylic acid groups (broad SMARTS) is 1. The van der Waals surface area contributed by atoms with E-state index in [4.69, 9.17) is 9.84 Å². The summed E-state index contributed by atoms with van der Waals surface area (Å²) in [6.45, 7) is 2.74. The van der Waals surface area contributed by atoms with Gasteiger partial charge in [0.05, 0.1) is 5.52 Å².